The first-order valence-corrected chi connectivity index (χ1v) is 7.58. The van der Waals surface area contributed by atoms with E-state index in [1.54, 1.807) is 0 Å². The molecule has 0 unspecified atom stereocenters. The fraction of sp³-hybridized carbons (Fsp3) is 0. The smallest absolute Gasteiger partial charge is 0.354 e. The Morgan fingerprint density at radius 2 is 1.75 bits per heavy atom. The van der Waals surface area contributed by atoms with Crippen LogP contribution in [0, 0.1) is 0 Å². The number of carboxylic acid groups (broad SMARTS) is 1. The normalized spacial score (nSPS) is 11.0. The molecule has 0 spiro atoms. The average Bonchev–Trinajstić information content (AvgIpc) is 2.48. The van der Waals surface area contributed by atoms with Gasteiger partial charge >= 0.3 is 5.97 Å². The lowest BCUT2D eigenvalue weighted by Crippen LogP contribution is -2.13. The van der Waals surface area contributed by atoms with E-state index in [0.717, 1.165) is 12.3 Å². The topological polar surface area (TPSA) is 174 Å². The molecule has 24 heavy (non-hydrogen) atoms. The highest BCUT2D eigenvalue weighted by atomic mass is 32.2. The summed E-state index contributed by atoms with van der Waals surface area (Å²) in [7, 11) is -4.79. The molecule has 0 fully saturated rings. The van der Waals surface area contributed by atoms with Crippen molar-refractivity contribution in [1.82, 2.24) is 4.98 Å². The van der Waals surface area contributed by atoms with E-state index in [4.69, 9.17) is 9.66 Å². The largest absolute Gasteiger partial charge is 0.507 e. The molecule has 126 valence electrons. The summed E-state index contributed by atoms with van der Waals surface area (Å²) < 4.78 is 30.9. The number of carboxylic acids is 1. The van der Waals surface area contributed by atoms with Crippen LogP contribution < -0.4 is 5.32 Å². The Labute approximate surface area is 134 Å². The van der Waals surface area contributed by atoms with Gasteiger partial charge in [-0.2, -0.15) is 8.42 Å². The molecule has 11 heteroatoms. The molecule has 1 aromatic heterocycles. The number of nitrogens with one attached hydrogen (secondary N) is 1. The maximum Gasteiger partial charge on any atom is 0.354 e. The van der Waals surface area contributed by atoms with E-state index in [1.165, 1.54) is 6.07 Å². The van der Waals surface area contributed by atoms with Gasteiger partial charge in [-0.15, -0.1) is 0 Å². The number of rotatable bonds is 4. The van der Waals surface area contributed by atoms with Gasteiger partial charge in [0.15, 0.2) is 0 Å². The first-order valence-electron chi connectivity index (χ1n) is 6.13. The molecule has 0 saturated heterocycles. The molecule has 2 rings (SSSR count). The van der Waals surface area contributed by atoms with Crippen molar-refractivity contribution in [3.63, 3.8) is 0 Å². The fourth-order valence-electron chi connectivity index (χ4n) is 1.77. The number of aromatic hydroxyl groups is 2. The first kappa shape index (κ1) is 17.2. The predicted octanol–water partition coefficient (Wildman–Crippen LogP) is 0.690. The molecule has 1 amide bonds. The Morgan fingerprint density at radius 1 is 1.08 bits per heavy atom. The number of nitrogens with zero attached hydrogens (tertiary/aromatic N) is 1. The number of hydrogen-bond acceptors (Lipinski definition) is 7. The molecule has 5 N–H and O–H groups in total. The van der Waals surface area contributed by atoms with Gasteiger partial charge in [0.05, 0.1) is 5.56 Å². The Morgan fingerprint density at radius 3 is 2.33 bits per heavy atom. The van der Waals surface area contributed by atoms with Gasteiger partial charge in [0.2, 0.25) is 0 Å². The molecule has 0 atom stereocenters. The van der Waals surface area contributed by atoms with Gasteiger partial charge in [-0.25, -0.2) is 9.78 Å². The van der Waals surface area contributed by atoms with E-state index < -0.39 is 44.0 Å². The van der Waals surface area contributed by atoms with E-state index in [2.05, 4.69) is 10.3 Å². The first-order chi connectivity index (χ1) is 11.1. The van der Waals surface area contributed by atoms with Crippen molar-refractivity contribution in [1.29, 1.82) is 0 Å². The minimum atomic E-state index is -4.79. The van der Waals surface area contributed by atoms with Gasteiger partial charge < -0.3 is 20.6 Å². The van der Waals surface area contributed by atoms with Crippen LogP contribution in [0.3, 0.4) is 0 Å². The molecule has 10 nitrogen and oxygen atoms in total. The predicted molar refractivity (Wildman–Crippen MR) is 78.7 cm³/mol. The number of carbonyl (C=O) groups excluding carboxylic acids is 1. The maximum absolute atomic E-state index is 12.1. The van der Waals surface area contributed by atoms with Crippen molar-refractivity contribution in [2.75, 3.05) is 5.32 Å². The summed E-state index contributed by atoms with van der Waals surface area (Å²) >= 11 is 0. The average molecular weight is 354 g/mol. The zero-order valence-corrected chi connectivity index (χ0v) is 12.5. The van der Waals surface area contributed by atoms with Crippen molar-refractivity contribution in [2.45, 2.75) is 4.90 Å². The number of carbonyl (C=O) groups is 2. The second-order valence-electron chi connectivity index (χ2n) is 4.50. The van der Waals surface area contributed by atoms with Crippen molar-refractivity contribution < 1.29 is 37.9 Å². The Bertz CT molecular complexity index is 939. The molecule has 0 bridgehead atoms. The number of anilines is 1. The van der Waals surface area contributed by atoms with Crippen LogP contribution in [0.5, 0.6) is 11.5 Å². The fourth-order valence-corrected chi connectivity index (χ4v) is 2.35. The van der Waals surface area contributed by atoms with Crippen LogP contribution in [-0.4, -0.2) is 45.2 Å². The van der Waals surface area contributed by atoms with Gasteiger partial charge in [0.1, 0.15) is 22.1 Å². The molecular weight excluding hydrogens is 344 g/mol. The lowest BCUT2D eigenvalue weighted by molar-refractivity contribution is 0.0690. The van der Waals surface area contributed by atoms with Gasteiger partial charge in [0, 0.05) is 18.0 Å². The number of aromatic carboxylic acids is 1. The highest BCUT2D eigenvalue weighted by molar-refractivity contribution is 7.86. The molecular formula is C13H10N2O8S. The van der Waals surface area contributed by atoms with Crippen molar-refractivity contribution in [2.24, 2.45) is 0 Å². The molecule has 0 aliphatic carbocycles. The van der Waals surface area contributed by atoms with E-state index in [9.17, 15) is 28.2 Å². The van der Waals surface area contributed by atoms with Crippen LogP contribution in [0.15, 0.2) is 35.4 Å². The third-order valence-electron chi connectivity index (χ3n) is 2.84. The lowest BCUT2D eigenvalue weighted by atomic mass is 10.1. The number of phenols is 2. The van der Waals surface area contributed by atoms with Crippen LogP contribution in [0.1, 0.15) is 20.8 Å². The summed E-state index contributed by atoms with van der Waals surface area (Å²) in [5.74, 6) is -4.02. The monoisotopic (exact) mass is 354 g/mol. The van der Waals surface area contributed by atoms with Gasteiger partial charge in [0.25, 0.3) is 16.0 Å². The van der Waals surface area contributed by atoms with E-state index >= 15 is 0 Å². The van der Waals surface area contributed by atoms with Crippen LogP contribution >= 0.6 is 0 Å². The molecule has 2 aromatic rings. The Balaban J connectivity index is 2.36. The standard InChI is InChI=1S/C13H10N2O8S/c16-9-5-11(24(21,22)23)10(17)4-7(9)12(18)15-6-1-2-14-8(3-6)13(19)20/h1-5,16-17H,(H,19,20)(H,14,15,18)(H,21,22,23). The summed E-state index contributed by atoms with van der Waals surface area (Å²) in [6.45, 7) is 0. The Kier molecular flexibility index (Phi) is 4.39. The summed E-state index contributed by atoms with van der Waals surface area (Å²) in [6, 6.07) is 3.50. The number of hydrogen-bond donors (Lipinski definition) is 5. The number of aromatic nitrogens is 1. The van der Waals surface area contributed by atoms with Crippen molar-refractivity contribution in [3.8, 4) is 11.5 Å². The van der Waals surface area contributed by atoms with E-state index in [-0.39, 0.29) is 11.4 Å². The molecule has 0 saturated carbocycles. The summed E-state index contributed by atoms with van der Waals surface area (Å²) in [4.78, 5) is 25.5. The van der Waals surface area contributed by atoms with Crippen LogP contribution in [0.4, 0.5) is 5.69 Å². The number of amides is 1. The molecule has 0 radical (unpaired) electrons. The van der Waals surface area contributed by atoms with Gasteiger partial charge in [-0.1, -0.05) is 0 Å². The van der Waals surface area contributed by atoms with E-state index in [1.807, 2.05) is 0 Å². The molecule has 0 aliphatic heterocycles. The number of benzene rings is 1. The van der Waals surface area contributed by atoms with Crippen LogP contribution in [0.2, 0.25) is 0 Å². The minimum absolute atomic E-state index is 0.0464. The highest BCUT2D eigenvalue weighted by Gasteiger charge is 2.22. The van der Waals surface area contributed by atoms with Crippen molar-refractivity contribution in [3.05, 3.63) is 41.7 Å². The Hall–Kier alpha value is -3.18. The highest BCUT2D eigenvalue weighted by Crippen LogP contribution is 2.31. The van der Waals surface area contributed by atoms with Gasteiger partial charge in [-0.3, -0.25) is 9.35 Å². The molecule has 1 heterocycles. The minimum Gasteiger partial charge on any atom is -0.507 e. The van der Waals surface area contributed by atoms with Crippen LogP contribution in [-0.2, 0) is 10.1 Å². The SMILES string of the molecule is O=C(O)c1cc(NC(=O)c2cc(O)c(S(=O)(=O)O)cc2O)ccn1. The number of pyridine rings is 1. The number of phenolic OH excluding ortho intramolecular Hbond substituents is 2. The third-order valence-corrected chi connectivity index (χ3v) is 3.72. The van der Waals surface area contributed by atoms with Crippen LogP contribution in [0.25, 0.3) is 0 Å². The summed E-state index contributed by atoms with van der Waals surface area (Å²) in [6.07, 6.45) is 1.14. The quantitative estimate of drug-likeness (QED) is 0.391. The second kappa shape index (κ2) is 6.14. The summed E-state index contributed by atoms with van der Waals surface area (Å²) in [5, 5.41) is 30.4. The molecule has 0 aliphatic rings. The zero-order chi connectivity index (χ0) is 18.1. The second-order valence-corrected chi connectivity index (χ2v) is 5.89. The van der Waals surface area contributed by atoms with E-state index in [0.29, 0.717) is 12.1 Å². The zero-order valence-electron chi connectivity index (χ0n) is 11.7. The third kappa shape index (κ3) is 3.59. The van der Waals surface area contributed by atoms with Crippen molar-refractivity contribution >= 4 is 27.7 Å². The maximum atomic E-state index is 12.1. The molecule has 1 aromatic carbocycles. The van der Waals surface area contributed by atoms with Gasteiger partial charge in [-0.05, 0) is 18.2 Å². The summed E-state index contributed by atoms with van der Waals surface area (Å²) in [5.41, 5.74) is -0.777. The lowest BCUT2D eigenvalue weighted by Gasteiger charge is -2.09.